The fourth-order valence-electron chi connectivity index (χ4n) is 3.90. The maximum absolute atomic E-state index is 13.0. The molecule has 10 heteroatoms. The monoisotopic (exact) mass is 477 g/mol. The molecule has 5 rings (SSSR count). The van der Waals surface area contributed by atoms with Gasteiger partial charge in [0, 0.05) is 23.4 Å². The van der Waals surface area contributed by atoms with Gasteiger partial charge in [-0.25, -0.2) is 14.1 Å². The molecule has 2 aromatic carbocycles. The van der Waals surface area contributed by atoms with Crippen LogP contribution in [0.5, 0.6) is 5.75 Å². The Bertz CT molecular complexity index is 1360. The van der Waals surface area contributed by atoms with Gasteiger partial charge in [-0.3, -0.25) is 0 Å². The van der Waals surface area contributed by atoms with Gasteiger partial charge >= 0.3 is 12.0 Å². The van der Waals surface area contributed by atoms with Gasteiger partial charge < -0.3 is 19.7 Å². The Hall–Kier alpha value is -3.92. The van der Waals surface area contributed by atoms with Crippen LogP contribution in [0.2, 0.25) is 0 Å². The van der Waals surface area contributed by atoms with Gasteiger partial charge in [0.15, 0.2) is 5.82 Å². The number of aromatic nitrogens is 3. The van der Waals surface area contributed by atoms with E-state index in [1.54, 1.807) is 43.2 Å². The lowest BCUT2D eigenvalue weighted by molar-refractivity contribution is 0.0527. The summed E-state index contributed by atoms with van der Waals surface area (Å²) in [5.41, 5.74) is 2.76. The smallest absolute Gasteiger partial charge is 0.340 e. The zero-order chi connectivity index (χ0) is 23.7. The molecule has 0 saturated heterocycles. The largest absolute Gasteiger partial charge is 0.497 e. The van der Waals surface area contributed by atoms with Crippen molar-refractivity contribution in [2.75, 3.05) is 25.6 Å². The van der Waals surface area contributed by atoms with Gasteiger partial charge in [-0.15, -0.1) is 5.10 Å². The minimum Gasteiger partial charge on any atom is -0.497 e. The molecule has 0 fully saturated rings. The van der Waals surface area contributed by atoms with E-state index in [9.17, 15) is 9.59 Å². The maximum atomic E-state index is 13.0. The number of carbonyl (C=O) groups is 2. The predicted molar refractivity (Wildman–Crippen MR) is 128 cm³/mol. The SMILES string of the molecule is CCOC(=O)c1ccccc1NC(=O)N1CCc2c(sc3nc(-c4ccc(OC)cc4)nn23)C1. The van der Waals surface area contributed by atoms with Crippen molar-refractivity contribution in [1.82, 2.24) is 19.5 Å². The van der Waals surface area contributed by atoms with Gasteiger partial charge in [0.2, 0.25) is 4.96 Å². The summed E-state index contributed by atoms with van der Waals surface area (Å²) in [5.74, 6) is 0.982. The van der Waals surface area contributed by atoms with Crippen LogP contribution in [0.15, 0.2) is 48.5 Å². The first-order valence-electron chi connectivity index (χ1n) is 10.9. The molecule has 0 aliphatic carbocycles. The Kier molecular flexibility index (Phi) is 5.89. The summed E-state index contributed by atoms with van der Waals surface area (Å²) in [4.78, 5) is 33.4. The number of methoxy groups -OCH3 is 1. The summed E-state index contributed by atoms with van der Waals surface area (Å²) >= 11 is 1.53. The normalized spacial score (nSPS) is 12.9. The van der Waals surface area contributed by atoms with E-state index in [0.29, 0.717) is 36.6 Å². The molecule has 34 heavy (non-hydrogen) atoms. The van der Waals surface area contributed by atoms with Crippen LogP contribution < -0.4 is 10.1 Å². The van der Waals surface area contributed by atoms with Gasteiger partial charge in [0.05, 0.1) is 37.2 Å². The first-order chi connectivity index (χ1) is 16.6. The van der Waals surface area contributed by atoms with E-state index in [1.165, 1.54) is 11.3 Å². The molecule has 0 radical (unpaired) electrons. The molecule has 174 valence electrons. The molecule has 4 aromatic rings. The highest BCUT2D eigenvalue weighted by Gasteiger charge is 2.27. The van der Waals surface area contributed by atoms with Gasteiger partial charge in [-0.05, 0) is 43.3 Å². The number of carbonyl (C=O) groups excluding carboxylic acids is 2. The van der Waals surface area contributed by atoms with E-state index in [-0.39, 0.29) is 12.6 Å². The predicted octanol–water partition coefficient (Wildman–Crippen LogP) is 4.23. The van der Waals surface area contributed by atoms with Crippen molar-refractivity contribution in [3.8, 4) is 17.1 Å². The molecule has 0 atom stereocenters. The molecule has 1 aliphatic heterocycles. The van der Waals surface area contributed by atoms with E-state index in [0.717, 1.165) is 26.8 Å². The summed E-state index contributed by atoms with van der Waals surface area (Å²) in [7, 11) is 1.63. The highest BCUT2D eigenvalue weighted by Crippen LogP contribution is 2.30. The summed E-state index contributed by atoms with van der Waals surface area (Å²) < 4.78 is 12.2. The Labute approximate surface area is 199 Å². The molecule has 0 saturated carbocycles. The molecule has 1 N–H and O–H groups in total. The van der Waals surface area contributed by atoms with Crippen molar-refractivity contribution in [3.63, 3.8) is 0 Å². The topological polar surface area (TPSA) is 98.1 Å². The van der Waals surface area contributed by atoms with Crippen molar-refractivity contribution < 1.29 is 19.1 Å². The highest BCUT2D eigenvalue weighted by molar-refractivity contribution is 7.17. The first-order valence-corrected chi connectivity index (χ1v) is 11.7. The minimum atomic E-state index is -0.461. The quantitative estimate of drug-likeness (QED) is 0.432. The molecule has 0 spiro atoms. The summed E-state index contributed by atoms with van der Waals surface area (Å²) in [5, 5.41) is 7.56. The number of benzene rings is 2. The number of rotatable bonds is 5. The number of para-hydroxylation sites is 1. The van der Waals surface area contributed by atoms with Crippen LogP contribution in [-0.2, 0) is 17.7 Å². The van der Waals surface area contributed by atoms with Crippen molar-refractivity contribution in [1.29, 1.82) is 0 Å². The number of esters is 1. The Morgan fingerprint density at radius 1 is 1.15 bits per heavy atom. The fourth-order valence-corrected chi connectivity index (χ4v) is 5.01. The molecule has 2 aromatic heterocycles. The van der Waals surface area contributed by atoms with Crippen LogP contribution in [-0.4, -0.2) is 51.8 Å². The zero-order valence-electron chi connectivity index (χ0n) is 18.8. The summed E-state index contributed by atoms with van der Waals surface area (Å²) in [6.07, 6.45) is 0.660. The van der Waals surface area contributed by atoms with Crippen molar-refractivity contribution in [3.05, 3.63) is 64.7 Å². The zero-order valence-corrected chi connectivity index (χ0v) is 19.6. The summed E-state index contributed by atoms with van der Waals surface area (Å²) in [6.45, 7) is 3.00. The van der Waals surface area contributed by atoms with E-state index in [4.69, 9.17) is 14.6 Å². The average Bonchev–Trinajstić information content (AvgIpc) is 3.42. The Balaban J connectivity index is 1.32. The van der Waals surface area contributed by atoms with E-state index in [1.807, 2.05) is 28.8 Å². The van der Waals surface area contributed by atoms with Crippen LogP contribution in [0.25, 0.3) is 16.3 Å². The number of anilines is 1. The molecule has 0 unspecified atom stereocenters. The van der Waals surface area contributed by atoms with Gasteiger partial charge in [-0.2, -0.15) is 4.98 Å². The molecule has 3 heterocycles. The van der Waals surface area contributed by atoms with Gasteiger partial charge in [0.1, 0.15) is 5.75 Å². The first kappa shape index (κ1) is 21.9. The number of amides is 2. The number of thiazole rings is 1. The second-order valence-corrected chi connectivity index (χ2v) is 8.76. The molecule has 1 aliphatic rings. The second kappa shape index (κ2) is 9.14. The van der Waals surface area contributed by atoms with Gasteiger partial charge in [-0.1, -0.05) is 23.5 Å². The van der Waals surface area contributed by atoms with Crippen LogP contribution in [0.3, 0.4) is 0 Å². The number of ether oxygens (including phenoxy) is 2. The third-order valence-electron chi connectivity index (χ3n) is 5.62. The third kappa shape index (κ3) is 4.08. The Morgan fingerprint density at radius 3 is 2.71 bits per heavy atom. The molecular formula is C24H23N5O4S. The number of hydrogen-bond acceptors (Lipinski definition) is 7. The van der Waals surface area contributed by atoms with Crippen LogP contribution in [0.1, 0.15) is 27.9 Å². The molecular weight excluding hydrogens is 454 g/mol. The van der Waals surface area contributed by atoms with Gasteiger partial charge in [0.25, 0.3) is 0 Å². The fraction of sp³-hybridized carbons (Fsp3) is 0.250. The lowest BCUT2D eigenvalue weighted by Crippen LogP contribution is -2.39. The lowest BCUT2D eigenvalue weighted by atomic mass is 10.1. The molecule has 0 bridgehead atoms. The van der Waals surface area contributed by atoms with Crippen molar-refractivity contribution in [2.24, 2.45) is 0 Å². The number of fused-ring (bicyclic) bond motifs is 3. The number of nitrogens with one attached hydrogen (secondary N) is 1. The molecule has 2 amide bonds. The number of nitrogens with zero attached hydrogens (tertiary/aromatic N) is 4. The third-order valence-corrected chi connectivity index (χ3v) is 6.68. The minimum absolute atomic E-state index is 0.264. The van der Waals surface area contributed by atoms with Crippen LogP contribution >= 0.6 is 11.3 Å². The van der Waals surface area contributed by atoms with E-state index < -0.39 is 5.97 Å². The Morgan fingerprint density at radius 2 is 1.94 bits per heavy atom. The molecule has 9 nitrogen and oxygen atoms in total. The standard InChI is InChI=1S/C24H23N5O4S/c1-3-33-22(30)17-6-4-5-7-18(17)25-23(31)28-13-12-19-20(14-28)34-24-26-21(27-29(19)24)15-8-10-16(32-2)11-9-15/h4-11H,3,12-14H2,1-2H3,(H,25,31). The lowest BCUT2D eigenvalue weighted by Gasteiger charge is -2.27. The number of urea groups is 1. The summed E-state index contributed by atoms with van der Waals surface area (Å²) in [6, 6.07) is 14.2. The van der Waals surface area contributed by atoms with Crippen molar-refractivity contribution >= 4 is 34.0 Å². The average molecular weight is 478 g/mol. The van der Waals surface area contributed by atoms with Crippen LogP contribution in [0.4, 0.5) is 10.5 Å². The van der Waals surface area contributed by atoms with E-state index in [2.05, 4.69) is 10.3 Å². The van der Waals surface area contributed by atoms with Crippen LogP contribution in [0, 0.1) is 0 Å². The number of hydrogen-bond donors (Lipinski definition) is 1. The maximum Gasteiger partial charge on any atom is 0.340 e. The van der Waals surface area contributed by atoms with E-state index >= 15 is 0 Å². The second-order valence-electron chi connectivity index (χ2n) is 7.70. The van der Waals surface area contributed by atoms with Crippen molar-refractivity contribution in [2.45, 2.75) is 19.9 Å². The highest BCUT2D eigenvalue weighted by atomic mass is 32.1.